The number of hydrogen-bond donors (Lipinski definition) is 0. The molecule has 1 amide bonds. The van der Waals surface area contributed by atoms with Crippen LogP contribution in [-0.4, -0.2) is 47.8 Å². The zero-order chi connectivity index (χ0) is 16.0. The monoisotopic (exact) mass is 333 g/mol. The largest absolute Gasteiger partial charge is 0.348 e. The van der Waals surface area contributed by atoms with E-state index in [-0.39, 0.29) is 17.1 Å². The molecule has 0 bridgehead atoms. The normalized spacial score (nSPS) is 25.9. The number of aromatic nitrogens is 1. The summed E-state index contributed by atoms with van der Waals surface area (Å²) in [5.41, 5.74) is 0.261. The number of ketones is 1. The average Bonchev–Trinajstić information content (AvgIpc) is 2.99. The van der Waals surface area contributed by atoms with Crippen molar-refractivity contribution in [1.29, 1.82) is 0 Å². The summed E-state index contributed by atoms with van der Waals surface area (Å²) in [5.74, 6) is 0.761. The van der Waals surface area contributed by atoms with Crippen molar-refractivity contribution in [2.75, 3.05) is 31.1 Å². The molecule has 3 heterocycles. The molecule has 4 rings (SSSR count). The fourth-order valence-electron chi connectivity index (χ4n) is 4.12. The predicted octanol–water partition coefficient (Wildman–Crippen LogP) is 2.57. The minimum atomic E-state index is 0.0840. The smallest absolute Gasteiger partial charge is 0.226 e. The first-order valence-electron chi connectivity index (χ1n) is 8.60. The Hall–Kier alpha value is -1.43. The molecule has 1 aromatic heterocycles. The predicted molar refractivity (Wildman–Crippen MR) is 89.9 cm³/mol. The molecule has 1 saturated carbocycles. The molecule has 0 radical (unpaired) electrons. The van der Waals surface area contributed by atoms with Crippen molar-refractivity contribution in [3.63, 3.8) is 0 Å². The van der Waals surface area contributed by atoms with Crippen LogP contribution in [0, 0.1) is 11.3 Å². The number of carbonyl (C=O) groups excluding carboxylic acids is 2. The van der Waals surface area contributed by atoms with Crippen molar-refractivity contribution in [2.24, 2.45) is 11.3 Å². The zero-order valence-electron chi connectivity index (χ0n) is 13.6. The van der Waals surface area contributed by atoms with Gasteiger partial charge in [0, 0.05) is 39.0 Å². The Morgan fingerprint density at radius 2 is 1.91 bits per heavy atom. The molecule has 1 atom stereocenters. The van der Waals surface area contributed by atoms with Gasteiger partial charge in [-0.15, -0.1) is 0 Å². The molecule has 1 unspecified atom stereocenters. The first-order chi connectivity index (χ1) is 11.1. The summed E-state index contributed by atoms with van der Waals surface area (Å²) in [7, 11) is 0. The fraction of sp³-hybridized carbons (Fsp3) is 0.706. The van der Waals surface area contributed by atoms with Crippen LogP contribution in [0.25, 0.3) is 0 Å². The Balaban J connectivity index is 1.36. The highest BCUT2D eigenvalue weighted by Crippen LogP contribution is 2.60. The number of anilines is 1. The highest BCUT2D eigenvalue weighted by atomic mass is 32.1. The third-order valence-corrected chi connectivity index (χ3v) is 6.93. The molecule has 3 aliphatic rings. The molecule has 2 aliphatic heterocycles. The summed E-state index contributed by atoms with van der Waals surface area (Å²) >= 11 is 1.49. The van der Waals surface area contributed by atoms with E-state index in [2.05, 4.69) is 14.8 Å². The number of thiazole rings is 1. The van der Waals surface area contributed by atoms with Crippen molar-refractivity contribution < 1.29 is 9.59 Å². The van der Waals surface area contributed by atoms with Gasteiger partial charge in [0.15, 0.2) is 10.9 Å². The maximum Gasteiger partial charge on any atom is 0.226 e. The molecular weight excluding hydrogens is 310 g/mol. The van der Waals surface area contributed by atoms with E-state index in [0.717, 1.165) is 55.5 Å². The van der Waals surface area contributed by atoms with Crippen LogP contribution in [0.3, 0.4) is 0 Å². The number of carbonyl (C=O) groups is 2. The second-order valence-electron chi connectivity index (χ2n) is 7.20. The van der Waals surface area contributed by atoms with Crippen LogP contribution in [0.15, 0.2) is 6.20 Å². The first kappa shape index (κ1) is 15.1. The highest BCUT2D eigenvalue weighted by Gasteiger charge is 2.59. The lowest BCUT2D eigenvalue weighted by molar-refractivity contribution is -0.132. The molecule has 0 N–H and O–H groups in total. The van der Waals surface area contributed by atoms with Gasteiger partial charge in [-0.2, -0.15) is 0 Å². The Morgan fingerprint density at radius 3 is 2.52 bits per heavy atom. The number of nitrogens with zero attached hydrogens (tertiary/aromatic N) is 3. The number of amides is 1. The van der Waals surface area contributed by atoms with E-state index in [1.54, 1.807) is 13.1 Å². The third-order valence-electron chi connectivity index (χ3n) is 5.78. The summed E-state index contributed by atoms with van der Waals surface area (Å²) in [6.45, 7) is 5.42. The van der Waals surface area contributed by atoms with Gasteiger partial charge in [0.25, 0.3) is 0 Å². The molecule has 124 valence electrons. The summed E-state index contributed by atoms with van der Waals surface area (Å²) < 4.78 is 0. The number of likely N-dealkylation sites (tertiary alicyclic amines) is 1. The molecule has 6 heteroatoms. The van der Waals surface area contributed by atoms with Gasteiger partial charge in [-0.3, -0.25) is 9.59 Å². The van der Waals surface area contributed by atoms with E-state index in [4.69, 9.17) is 0 Å². The molecule has 1 aromatic rings. The standard InChI is InChI=1S/C17H23N3O2S/c1-12(21)14-11-18-16(23-14)20-8-4-17(5-9-20)10-13(17)15(22)19-6-2-3-7-19/h11,13H,2-10H2,1H3. The van der Waals surface area contributed by atoms with E-state index in [1.807, 2.05) is 0 Å². The summed E-state index contributed by atoms with van der Waals surface area (Å²) in [6.07, 6.45) is 7.25. The van der Waals surface area contributed by atoms with Crippen molar-refractivity contribution in [2.45, 2.75) is 39.0 Å². The minimum absolute atomic E-state index is 0.0840. The van der Waals surface area contributed by atoms with E-state index >= 15 is 0 Å². The van der Waals surface area contributed by atoms with Gasteiger partial charge in [0.2, 0.25) is 5.91 Å². The maximum absolute atomic E-state index is 12.6. The molecule has 2 saturated heterocycles. The van der Waals surface area contributed by atoms with Crippen molar-refractivity contribution in [3.8, 4) is 0 Å². The lowest BCUT2D eigenvalue weighted by atomic mass is 9.90. The van der Waals surface area contributed by atoms with Crippen LogP contribution in [0.1, 0.15) is 48.7 Å². The van der Waals surface area contributed by atoms with Crippen LogP contribution in [-0.2, 0) is 4.79 Å². The number of hydrogen-bond acceptors (Lipinski definition) is 5. The van der Waals surface area contributed by atoms with Gasteiger partial charge in [-0.05, 0) is 37.5 Å². The highest BCUT2D eigenvalue weighted by molar-refractivity contribution is 7.17. The molecule has 23 heavy (non-hydrogen) atoms. The van der Waals surface area contributed by atoms with Gasteiger partial charge in [0.1, 0.15) is 0 Å². The van der Waals surface area contributed by atoms with Crippen molar-refractivity contribution in [3.05, 3.63) is 11.1 Å². The average molecular weight is 333 g/mol. The van der Waals surface area contributed by atoms with Crippen LogP contribution >= 0.6 is 11.3 Å². The van der Waals surface area contributed by atoms with Gasteiger partial charge < -0.3 is 9.80 Å². The second-order valence-corrected chi connectivity index (χ2v) is 8.21. The second kappa shape index (κ2) is 5.58. The maximum atomic E-state index is 12.6. The quantitative estimate of drug-likeness (QED) is 0.798. The van der Waals surface area contributed by atoms with Crippen molar-refractivity contribution >= 4 is 28.2 Å². The van der Waals surface area contributed by atoms with Gasteiger partial charge in [-0.1, -0.05) is 11.3 Å². The fourth-order valence-corrected chi connectivity index (χ4v) is 4.99. The van der Waals surface area contributed by atoms with E-state index in [1.165, 1.54) is 24.2 Å². The molecular formula is C17H23N3O2S. The number of piperidine rings is 1. The summed E-state index contributed by atoms with van der Waals surface area (Å²) in [6, 6.07) is 0. The van der Waals surface area contributed by atoms with E-state index in [0.29, 0.717) is 5.91 Å². The SMILES string of the molecule is CC(=O)c1cnc(N2CCC3(CC2)CC3C(=O)N2CCCC2)s1. The molecule has 0 aromatic carbocycles. The van der Waals surface area contributed by atoms with E-state index < -0.39 is 0 Å². The Bertz CT molecular complexity index is 628. The summed E-state index contributed by atoms with van der Waals surface area (Å²) in [5, 5.41) is 0.952. The lowest BCUT2D eigenvalue weighted by Crippen LogP contribution is -2.37. The van der Waals surface area contributed by atoms with Crippen LogP contribution in [0.5, 0.6) is 0 Å². The van der Waals surface area contributed by atoms with E-state index in [9.17, 15) is 9.59 Å². The third kappa shape index (κ3) is 2.67. The van der Waals surface area contributed by atoms with Gasteiger partial charge in [-0.25, -0.2) is 4.98 Å². The molecule has 5 nitrogen and oxygen atoms in total. The van der Waals surface area contributed by atoms with Crippen LogP contribution in [0.4, 0.5) is 5.13 Å². The molecule has 1 spiro atoms. The lowest BCUT2D eigenvalue weighted by Gasteiger charge is -2.33. The molecule has 3 fully saturated rings. The van der Waals surface area contributed by atoms with Crippen LogP contribution < -0.4 is 4.90 Å². The topological polar surface area (TPSA) is 53.5 Å². The Morgan fingerprint density at radius 1 is 1.22 bits per heavy atom. The minimum Gasteiger partial charge on any atom is -0.348 e. The first-order valence-corrected chi connectivity index (χ1v) is 9.41. The van der Waals surface area contributed by atoms with Gasteiger partial charge in [0.05, 0.1) is 11.1 Å². The molecule has 1 aliphatic carbocycles. The van der Waals surface area contributed by atoms with Gasteiger partial charge >= 0.3 is 0 Å². The van der Waals surface area contributed by atoms with Crippen molar-refractivity contribution in [1.82, 2.24) is 9.88 Å². The zero-order valence-corrected chi connectivity index (χ0v) is 14.4. The number of Topliss-reactive ketones (excluding diaryl/α,β-unsaturated/α-hetero) is 1. The number of rotatable bonds is 3. The Labute approximate surface area is 140 Å². The van der Waals surface area contributed by atoms with Crippen LogP contribution in [0.2, 0.25) is 0 Å². The summed E-state index contributed by atoms with van der Waals surface area (Å²) in [4.78, 5) is 33.5. The Kier molecular flexibility index (Phi) is 3.67.